The second-order valence-electron chi connectivity index (χ2n) is 9.84. The van der Waals surface area contributed by atoms with Crippen molar-refractivity contribution in [3.8, 4) is 17.2 Å². The Hall–Kier alpha value is -3.46. The summed E-state index contributed by atoms with van der Waals surface area (Å²) in [6.07, 6.45) is -0.599. The maximum Gasteiger partial charge on any atom is 0.415 e. The van der Waals surface area contributed by atoms with Crippen LogP contribution < -0.4 is 14.2 Å². The molecular weight excluding hydrogens is 581 g/mol. The van der Waals surface area contributed by atoms with E-state index in [1.54, 1.807) is 54.3 Å². The summed E-state index contributed by atoms with van der Waals surface area (Å²) < 4.78 is 22.7. The summed E-state index contributed by atoms with van der Waals surface area (Å²) >= 11 is 12.1. The molecule has 0 heterocycles. The molecule has 3 aromatic rings. The number of carboxylic acids is 1. The van der Waals surface area contributed by atoms with Crippen molar-refractivity contribution in [2.45, 2.75) is 46.6 Å². The molecule has 1 amide bonds. The Bertz CT molecular complexity index is 1330. The van der Waals surface area contributed by atoms with Gasteiger partial charge in [0.15, 0.2) is 6.10 Å². The standard InChI is InChI=1S/C32H37Cl2NO7/c1-5-39-30(31(36)37)17-24-7-9-27(10-8-24)41-14-12-35(11-6-13-40-28-19-25(33)18-26(34)20-28)32(38)42-29-16-22(3)21(2)15-23(29)4/h7-10,15-16,18-20,30H,5-6,11-14,17H2,1-4H3,(H,36,37). The predicted octanol–water partition coefficient (Wildman–Crippen LogP) is 7.30. The van der Waals surface area contributed by atoms with Crippen LogP contribution in [0.3, 0.4) is 0 Å². The van der Waals surface area contributed by atoms with E-state index >= 15 is 0 Å². The highest BCUT2D eigenvalue weighted by Gasteiger charge is 2.19. The van der Waals surface area contributed by atoms with Crippen molar-refractivity contribution in [1.29, 1.82) is 0 Å². The molecule has 3 aromatic carbocycles. The molecule has 1 unspecified atom stereocenters. The van der Waals surface area contributed by atoms with Gasteiger partial charge in [-0.3, -0.25) is 0 Å². The maximum absolute atomic E-state index is 13.2. The zero-order valence-electron chi connectivity index (χ0n) is 24.3. The van der Waals surface area contributed by atoms with Crippen LogP contribution in [0.1, 0.15) is 35.6 Å². The Morgan fingerprint density at radius 2 is 1.48 bits per heavy atom. The average molecular weight is 619 g/mol. The molecule has 0 saturated carbocycles. The molecule has 1 N–H and O–H groups in total. The largest absolute Gasteiger partial charge is 0.493 e. The van der Waals surface area contributed by atoms with E-state index in [-0.39, 0.29) is 19.6 Å². The van der Waals surface area contributed by atoms with Crippen molar-refractivity contribution < 1.29 is 33.6 Å². The second kappa shape index (κ2) is 16.2. The van der Waals surface area contributed by atoms with E-state index in [2.05, 4.69) is 0 Å². The van der Waals surface area contributed by atoms with Crippen LogP contribution in [-0.4, -0.2) is 61.1 Å². The summed E-state index contributed by atoms with van der Waals surface area (Å²) in [6, 6.07) is 16.0. The number of aryl methyl sites for hydroxylation is 3. The lowest BCUT2D eigenvalue weighted by molar-refractivity contribution is -0.149. The number of aliphatic carboxylic acids is 1. The number of nitrogens with zero attached hydrogens (tertiary/aromatic N) is 1. The van der Waals surface area contributed by atoms with E-state index in [9.17, 15) is 14.7 Å². The minimum absolute atomic E-state index is 0.224. The van der Waals surface area contributed by atoms with E-state index in [4.69, 9.17) is 42.1 Å². The Labute approximate surface area is 257 Å². The van der Waals surface area contributed by atoms with Crippen LogP contribution in [0.5, 0.6) is 17.2 Å². The Balaban J connectivity index is 1.60. The first-order valence-electron chi connectivity index (χ1n) is 13.7. The fourth-order valence-corrected chi connectivity index (χ4v) is 4.69. The van der Waals surface area contributed by atoms with Gasteiger partial charge in [0.1, 0.15) is 23.9 Å². The minimum atomic E-state index is -0.998. The lowest BCUT2D eigenvalue weighted by atomic mass is 10.1. The number of hydrogen-bond donors (Lipinski definition) is 1. The minimum Gasteiger partial charge on any atom is -0.493 e. The van der Waals surface area contributed by atoms with Gasteiger partial charge in [-0.1, -0.05) is 41.4 Å². The van der Waals surface area contributed by atoms with E-state index < -0.39 is 18.2 Å². The zero-order valence-corrected chi connectivity index (χ0v) is 25.8. The van der Waals surface area contributed by atoms with Gasteiger partial charge >= 0.3 is 12.1 Å². The summed E-state index contributed by atoms with van der Waals surface area (Å²) in [6.45, 7) is 9.18. The van der Waals surface area contributed by atoms with Crippen molar-refractivity contribution >= 4 is 35.3 Å². The van der Waals surface area contributed by atoms with Gasteiger partial charge < -0.3 is 29.0 Å². The number of carbonyl (C=O) groups is 2. The van der Waals surface area contributed by atoms with E-state index in [1.165, 1.54) is 0 Å². The number of amides is 1. The van der Waals surface area contributed by atoms with Crippen molar-refractivity contribution in [1.82, 2.24) is 4.90 Å². The van der Waals surface area contributed by atoms with Crippen molar-refractivity contribution in [3.63, 3.8) is 0 Å². The number of ether oxygens (including phenoxy) is 4. The highest BCUT2D eigenvalue weighted by atomic mass is 35.5. The molecule has 226 valence electrons. The van der Waals surface area contributed by atoms with E-state index in [1.807, 2.05) is 32.9 Å². The van der Waals surface area contributed by atoms with Crippen LogP contribution >= 0.6 is 23.2 Å². The number of carboxylic acid groups (broad SMARTS) is 1. The van der Waals surface area contributed by atoms with E-state index in [0.717, 1.165) is 22.3 Å². The summed E-state index contributed by atoms with van der Waals surface area (Å²) in [4.78, 5) is 26.2. The number of halogens is 2. The molecule has 42 heavy (non-hydrogen) atoms. The van der Waals surface area contributed by atoms with Gasteiger partial charge in [0.2, 0.25) is 0 Å². The molecule has 0 fully saturated rings. The van der Waals surface area contributed by atoms with Gasteiger partial charge in [0.05, 0.1) is 13.2 Å². The van der Waals surface area contributed by atoms with Crippen molar-refractivity contribution in [2.24, 2.45) is 0 Å². The summed E-state index contributed by atoms with van der Waals surface area (Å²) in [5.41, 5.74) is 3.85. The molecule has 0 aliphatic rings. The number of carbonyl (C=O) groups excluding carboxylic acids is 1. The topological polar surface area (TPSA) is 94.5 Å². The molecule has 3 rings (SSSR count). The average Bonchev–Trinajstić information content (AvgIpc) is 2.93. The Morgan fingerprint density at radius 1 is 0.833 bits per heavy atom. The summed E-state index contributed by atoms with van der Waals surface area (Å²) in [5, 5.41) is 10.3. The molecule has 0 radical (unpaired) electrons. The first kappa shape index (κ1) is 33.0. The van der Waals surface area contributed by atoms with Gasteiger partial charge in [0, 0.05) is 29.6 Å². The van der Waals surface area contributed by atoms with Gasteiger partial charge in [-0.05, 0) is 92.8 Å². The molecule has 0 bridgehead atoms. The summed E-state index contributed by atoms with van der Waals surface area (Å²) in [5.74, 6) is 0.666. The third-order valence-electron chi connectivity index (χ3n) is 6.54. The number of hydrogen-bond acceptors (Lipinski definition) is 6. The second-order valence-corrected chi connectivity index (χ2v) is 10.7. The molecular formula is C32H37Cl2NO7. The van der Waals surface area contributed by atoms with Gasteiger partial charge in [-0.15, -0.1) is 0 Å². The third kappa shape index (κ3) is 10.4. The SMILES string of the molecule is CCOC(Cc1ccc(OCCN(CCCOc2cc(Cl)cc(Cl)c2)C(=O)Oc2cc(C)c(C)cc2C)cc1)C(=O)O. The van der Waals surface area contributed by atoms with Crippen LogP contribution in [-0.2, 0) is 16.0 Å². The predicted molar refractivity (Wildman–Crippen MR) is 164 cm³/mol. The fourth-order valence-electron chi connectivity index (χ4n) is 4.18. The van der Waals surface area contributed by atoms with Gasteiger partial charge in [-0.2, -0.15) is 0 Å². The smallest absolute Gasteiger partial charge is 0.415 e. The van der Waals surface area contributed by atoms with Gasteiger partial charge in [-0.25, -0.2) is 9.59 Å². The van der Waals surface area contributed by atoms with Crippen LogP contribution in [0.4, 0.5) is 4.79 Å². The number of rotatable bonds is 15. The lowest BCUT2D eigenvalue weighted by Crippen LogP contribution is -2.38. The molecule has 8 nitrogen and oxygen atoms in total. The third-order valence-corrected chi connectivity index (χ3v) is 6.98. The molecule has 0 aliphatic carbocycles. The first-order valence-corrected chi connectivity index (χ1v) is 14.5. The normalized spacial score (nSPS) is 11.6. The van der Waals surface area contributed by atoms with Crippen LogP contribution in [0.2, 0.25) is 10.0 Å². The van der Waals surface area contributed by atoms with Crippen LogP contribution in [0.15, 0.2) is 54.6 Å². The zero-order chi connectivity index (χ0) is 30.6. The molecule has 0 saturated heterocycles. The van der Waals surface area contributed by atoms with E-state index in [0.29, 0.717) is 53.5 Å². The molecule has 0 aromatic heterocycles. The Kier molecular flexibility index (Phi) is 12.8. The van der Waals surface area contributed by atoms with Crippen LogP contribution in [0.25, 0.3) is 0 Å². The highest BCUT2D eigenvalue weighted by molar-refractivity contribution is 6.34. The van der Waals surface area contributed by atoms with Gasteiger partial charge in [0.25, 0.3) is 0 Å². The molecule has 1 atom stereocenters. The summed E-state index contributed by atoms with van der Waals surface area (Å²) in [7, 11) is 0. The maximum atomic E-state index is 13.2. The fraction of sp³-hybridized carbons (Fsp3) is 0.375. The number of benzene rings is 3. The lowest BCUT2D eigenvalue weighted by Gasteiger charge is -2.23. The Morgan fingerprint density at radius 3 is 2.12 bits per heavy atom. The highest BCUT2D eigenvalue weighted by Crippen LogP contribution is 2.25. The molecule has 0 spiro atoms. The van der Waals surface area contributed by atoms with Crippen LogP contribution in [0, 0.1) is 20.8 Å². The molecule has 10 heteroatoms. The molecule has 0 aliphatic heterocycles. The first-order chi connectivity index (χ1) is 20.0. The van der Waals surface area contributed by atoms with Crippen molar-refractivity contribution in [3.05, 3.63) is 86.9 Å². The van der Waals surface area contributed by atoms with Crippen molar-refractivity contribution in [2.75, 3.05) is 32.9 Å². The quantitative estimate of drug-likeness (QED) is 0.179. The monoisotopic (exact) mass is 617 g/mol.